The molecular weight excluding hydrogens is 508 g/mol. The van der Waals surface area contributed by atoms with E-state index in [1.807, 2.05) is 0 Å². The monoisotopic (exact) mass is 541 g/mol. The average molecular weight is 542 g/mol. The van der Waals surface area contributed by atoms with Gasteiger partial charge in [-0.05, 0) is 63.8 Å². The normalized spacial score (nSPS) is 16.1. The van der Waals surface area contributed by atoms with Crippen molar-refractivity contribution in [2.45, 2.75) is 64.1 Å². The van der Waals surface area contributed by atoms with Gasteiger partial charge in [-0.2, -0.15) is 4.98 Å². The standard InChI is InChI=1S/C28H33F2N5O4/c1-28(2,3)38-27(37)32-21(15-18-8-4-5-12-23(18)30)16-24(36)35-13-7-11-22(35)17-31-26-33-25(34-39-26)19-9-6-10-20(29)14-19/h4-6,8-10,12,14,21-22H,7,11,13,15-17H2,1-3H3,(H,32,37)(H,31,33,34)/t21-,22+/m1/s1. The van der Waals surface area contributed by atoms with Crippen LogP contribution in [0.4, 0.5) is 19.6 Å². The number of amides is 2. The molecule has 1 aliphatic rings. The maximum Gasteiger partial charge on any atom is 0.407 e. The number of anilines is 1. The molecule has 1 fully saturated rings. The van der Waals surface area contributed by atoms with E-state index >= 15 is 0 Å². The Morgan fingerprint density at radius 1 is 1.18 bits per heavy atom. The summed E-state index contributed by atoms with van der Waals surface area (Å²) in [7, 11) is 0. The number of hydrogen-bond acceptors (Lipinski definition) is 7. The summed E-state index contributed by atoms with van der Waals surface area (Å²) >= 11 is 0. The van der Waals surface area contributed by atoms with Gasteiger partial charge in [0.2, 0.25) is 11.7 Å². The number of likely N-dealkylation sites (tertiary alicyclic amines) is 1. The molecule has 2 atom stereocenters. The van der Waals surface area contributed by atoms with Crippen LogP contribution in [0.15, 0.2) is 53.1 Å². The zero-order chi connectivity index (χ0) is 28.0. The lowest BCUT2D eigenvalue weighted by molar-refractivity contribution is -0.132. The molecule has 0 saturated carbocycles. The summed E-state index contributed by atoms with van der Waals surface area (Å²) in [6, 6.07) is 11.5. The lowest BCUT2D eigenvalue weighted by Crippen LogP contribution is -2.46. The van der Waals surface area contributed by atoms with E-state index in [2.05, 4.69) is 20.8 Å². The molecule has 3 aromatic rings. The smallest absolute Gasteiger partial charge is 0.407 e. The van der Waals surface area contributed by atoms with Gasteiger partial charge in [-0.3, -0.25) is 4.79 Å². The molecule has 4 rings (SSSR count). The Hall–Kier alpha value is -4.02. The van der Waals surface area contributed by atoms with Crippen molar-refractivity contribution >= 4 is 18.0 Å². The predicted octanol–water partition coefficient (Wildman–Crippen LogP) is 4.94. The zero-order valence-corrected chi connectivity index (χ0v) is 22.2. The average Bonchev–Trinajstić information content (AvgIpc) is 3.52. The summed E-state index contributed by atoms with van der Waals surface area (Å²) in [5.41, 5.74) is 0.172. The van der Waals surface area contributed by atoms with Gasteiger partial charge < -0.3 is 24.8 Å². The van der Waals surface area contributed by atoms with Crippen molar-refractivity contribution in [3.05, 3.63) is 65.7 Å². The number of nitrogens with zero attached hydrogens (tertiary/aromatic N) is 3. The highest BCUT2D eigenvalue weighted by Crippen LogP contribution is 2.22. The molecule has 2 heterocycles. The Bertz CT molecular complexity index is 1290. The summed E-state index contributed by atoms with van der Waals surface area (Å²) in [5, 5.41) is 9.70. The van der Waals surface area contributed by atoms with E-state index < -0.39 is 29.4 Å². The van der Waals surface area contributed by atoms with Crippen LogP contribution >= 0.6 is 0 Å². The molecule has 39 heavy (non-hydrogen) atoms. The molecule has 2 N–H and O–H groups in total. The number of aromatic nitrogens is 2. The molecule has 1 saturated heterocycles. The van der Waals surface area contributed by atoms with Gasteiger partial charge in [0.25, 0.3) is 0 Å². The minimum Gasteiger partial charge on any atom is -0.444 e. The van der Waals surface area contributed by atoms with E-state index in [0.717, 1.165) is 12.8 Å². The molecule has 0 unspecified atom stereocenters. The molecule has 1 aliphatic heterocycles. The summed E-state index contributed by atoms with van der Waals surface area (Å²) in [4.78, 5) is 31.9. The number of ether oxygens (including phenoxy) is 1. The molecule has 0 spiro atoms. The second-order valence-electron chi connectivity index (χ2n) is 10.5. The van der Waals surface area contributed by atoms with E-state index in [-0.39, 0.29) is 36.6 Å². The maximum absolute atomic E-state index is 14.4. The molecule has 11 heteroatoms. The van der Waals surface area contributed by atoms with Gasteiger partial charge in [0.15, 0.2) is 0 Å². The van der Waals surface area contributed by atoms with Crippen LogP contribution in [0.25, 0.3) is 11.4 Å². The fourth-order valence-corrected chi connectivity index (χ4v) is 4.53. The topological polar surface area (TPSA) is 110 Å². The Labute approximate surface area is 225 Å². The quantitative estimate of drug-likeness (QED) is 0.395. The molecule has 0 bridgehead atoms. The number of carbonyl (C=O) groups is 2. The lowest BCUT2D eigenvalue weighted by Gasteiger charge is -2.28. The number of benzene rings is 2. The predicted molar refractivity (Wildman–Crippen MR) is 141 cm³/mol. The zero-order valence-electron chi connectivity index (χ0n) is 22.2. The number of hydrogen-bond donors (Lipinski definition) is 2. The Morgan fingerprint density at radius 3 is 2.72 bits per heavy atom. The first kappa shape index (κ1) is 28.0. The van der Waals surface area contributed by atoms with Gasteiger partial charge in [0.1, 0.15) is 17.2 Å². The van der Waals surface area contributed by atoms with Crippen molar-refractivity contribution in [2.75, 3.05) is 18.4 Å². The van der Waals surface area contributed by atoms with Gasteiger partial charge in [-0.15, -0.1) is 0 Å². The van der Waals surface area contributed by atoms with E-state index in [1.165, 1.54) is 18.2 Å². The van der Waals surface area contributed by atoms with Crippen molar-refractivity contribution in [1.29, 1.82) is 0 Å². The van der Waals surface area contributed by atoms with Crippen LogP contribution in [0.2, 0.25) is 0 Å². The first-order chi connectivity index (χ1) is 18.6. The third kappa shape index (κ3) is 7.98. The fraction of sp³-hybridized carbons (Fsp3) is 0.429. The SMILES string of the molecule is CC(C)(C)OC(=O)N[C@@H](CC(=O)N1CCC[C@H]1CNc1nc(-c2cccc(F)c2)no1)Cc1ccccc1F. The number of halogens is 2. The Morgan fingerprint density at radius 2 is 1.97 bits per heavy atom. The molecule has 2 aromatic carbocycles. The number of alkyl carbamates (subject to hydrolysis) is 1. The van der Waals surface area contributed by atoms with Gasteiger partial charge in [0.05, 0.1) is 0 Å². The molecule has 1 aromatic heterocycles. The van der Waals surface area contributed by atoms with Crippen LogP contribution < -0.4 is 10.6 Å². The first-order valence-electron chi connectivity index (χ1n) is 12.9. The minimum atomic E-state index is -0.717. The second-order valence-corrected chi connectivity index (χ2v) is 10.5. The van der Waals surface area contributed by atoms with E-state index in [1.54, 1.807) is 56.0 Å². The minimum absolute atomic E-state index is 0.0195. The number of carbonyl (C=O) groups excluding carboxylic acids is 2. The van der Waals surface area contributed by atoms with Crippen LogP contribution in [-0.4, -0.2) is 57.8 Å². The van der Waals surface area contributed by atoms with Crippen LogP contribution in [0, 0.1) is 11.6 Å². The molecule has 9 nitrogen and oxygen atoms in total. The van der Waals surface area contributed by atoms with E-state index in [4.69, 9.17) is 9.26 Å². The van der Waals surface area contributed by atoms with Crippen molar-refractivity contribution in [1.82, 2.24) is 20.4 Å². The van der Waals surface area contributed by atoms with Crippen molar-refractivity contribution in [3.63, 3.8) is 0 Å². The van der Waals surface area contributed by atoms with Crippen LogP contribution in [0.1, 0.15) is 45.6 Å². The van der Waals surface area contributed by atoms with Gasteiger partial charge in [-0.25, -0.2) is 13.6 Å². The van der Waals surface area contributed by atoms with Crippen LogP contribution in [0.5, 0.6) is 0 Å². The largest absolute Gasteiger partial charge is 0.444 e. The van der Waals surface area contributed by atoms with Gasteiger partial charge in [0, 0.05) is 37.2 Å². The number of nitrogens with one attached hydrogen (secondary N) is 2. The first-order valence-corrected chi connectivity index (χ1v) is 12.9. The third-order valence-corrected chi connectivity index (χ3v) is 6.26. The van der Waals surface area contributed by atoms with Gasteiger partial charge in [-0.1, -0.05) is 35.5 Å². The summed E-state index contributed by atoms with van der Waals surface area (Å²) in [6.07, 6.45) is 1.03. The molecule has 0 aliphatic carbocycles. The Kier molecular flexibility index (Phi) is 8.78. The van der Waals surface area contributed by atoms with Crippen LogP contribution in [0.3, 0.4) is 0 Å². The molecule has 2 amide bonds. The van der Waals surface area contributed by atoms with Crippen molar-refractivity contribution < 1.29 is 27.6 Å². The highest BCUT2D eigenvalue weighted by molar-refractivity contribution is 5.78. The van der Waals surface area contributed by atoms with E-state index in [9.17, 15) is 18.4 Å². The summed E-state index contributed by atoms with van der Waals surface area (Å²) in [5.74, 6) is -0.717. The highest BCUT2D eigenvalue weighted by atomic mass is 19.1. The van der Waals surface area contributed by atoms with Crippen LogP contribution in [-0.2, 0) is 16.0 Å². The molecular formula is C28H33F2N5O4. The molecule has 208 valence electrons. The fourth-order valence-electron chi connectivity index (χ4n) is 4.53. The summed E-state index contributed by atoms with van der Waals surface area (Å²) < 4.78 is 38.5. The highest BCUT2D eigenvalue weighted by Gasteiger charge is 2.31. The molecule has 0 radical (unpaired) electrons. The van der Waals surface area contributed by atoms with Gasteiger partial charge >= 0.3 is 12.1 Å². The number of rotatable bonds is 9. The maximum atomic E-state index is 14.4. The second kappa shape index (κ2) is 12.2. The summed E-state index contributed by atoms with van der Waals surface area (Å²) in [6.45, 7) is 6.16. The van der Waals surface area contributed by atoms with Crippen molar-refractivity contribution in [3.8, 4) is 11.4 Å². The lowest BCUT2D eigenvalue weighted by atomic mass is 10.0. The third-order valence-electron chi connectivity index (χ3n) is 6.26. The van der Waals surface area contributed by atoms with Crippen molar-refractivity contribution in [2.24, 2.45) is 0 Å². The van der Waals surface area contributed by atoms with E-state index in [0.29, 0.717) is 24.2 Å². The Balaban J connectivity index is 1.39.